The van der Waals surface area contributed by atoms with Gasteiger partial charge in [0.15, 0.2) is 12.1 Å². The van der Waals surface area contributed by atoms with Gasteiger partial charge >= 0.3 is 11.6 Å². The lowest BCUT2D eigenvalue weighted by atomic mass is 10.0. The van der Waals surface area contributed by atoms with E-state index in [9.17, 15) is 10.5 Å². The Kier molecular flexibility index (Phi) is 5.06. The third-order valence-electron chi connectivity index (χ3n) is 5.88. The van der Waals surface area contributed by atoms with Crippen LogP contribution in [0, 0.1) is 35.8 Å². The molecule has 10 heteroatoms. The monoisotopic (exact) mass is 486 g/mol. The van der Waals surface area contributed by atoms with Crippen molar-refractivity contribution in [3.63, 3.8) is 0 Å². The molecule has 0 amide bonds. The van der Waals surface area contributed by atoms with E-state index in [1.807, 2.05) is 72.8 Å². The van der Waals surface area contributed by atoms with Gasteiger partial charge in [-0.3, -0.25) is 0 Å². The molecule has 0 atom stereocenters. The highest BCUT2D eigenvalue weighted by Gasteiger charge is 2.25. The normalized spacial score (nSPS) is 10.5. The van der Waals surface area contributed by atoms with Crippen molar-refractivity contribution in [1.82, 2.24) is 29.9 Å². The minimum Gasteiger partial charge on any atom is -0.360 e. The van der Waals surface area contributed by atoms with E-state index < -0.39 is 0 Å². The number of nitrogens with zero attached hydrogens (tertiary/aromatic N) is 10. The van der Waals surface area contributed by atoms with Crippen molar-refractivity contribution in [1.29, 1.82) is 10.5 Å². The second kappa shape index (κ2) is 8.70. The van der Waals surface area contributed by atoms with Gasteiger partial charge in [-0.1, -0.05) is 83.8 Å². The van der Waals surface area contributed by atoms with Gasteiger partial charge in [0.25, 0.3) is 11.6 Å². The Hall–Kier alpha value is -6.36. The first-order valence-electron chi connectivity index (χ1n) is 11.1. The zero-order valence-electron chi connectivity index (χ0n) is 19.2. The molecule has 0 aliphatic carbocycles. The molecule has 6 rings (SSSR count). The summed E-state index contributed by atoms with van der Waals surface area (Å²) in [5.41, 5.74) is 3.43. The fraction of sp³-hybridized carbons (Fsp3) is 0. The van der Waals surface area contributed by atoms with Crippen LogP contribution in [0.25, 0.3) is 65.0 Å². The first-order valence-corrected chi connectivity index (χ1v) is 11.1. The number of benzene rings is 3. The van der Waals surface area contributed by atoms with Crippen LogP contribution in [-0.2, 0) is 0 Å². The van der Waals surface area contributed by atoms with Gasteiger partial charge in [-0.2, -0.15) is 20.5 Å². The van der Waals surface area contributed by atoms with E-state index in [0.29, 0.717) is 11.4 Å². The van der Waals surface area contributed by atoms with E-state index in [2.05, 4.69) is 29.6 Å². The Balaban J connectivity index is 1.94. The number of hydrogen-bond acceptors (Lipinski definition) is 8. The molecule has 0 aliphatic rings. The van der Waals surface area contributed by atoms with Crippen LogP contribution in [0.1, 0.15) is 11.6 Å². The molecule has 0 radical (unpaired) electrons. The maximum atomic E-state index is 9.52. The van der Waals surface area contributed by atoms with E-state index in [0.717, 1.165) is 11.1 Å². The van der Waals surface area contributed by atoms with Crippen molar-refractivity contribution in [2.45, 2.75) is 0 Å². The highest BCUT2D eigenvalue weighted by molar-refractivity contribution is 6.26. The smallest absolute Gasteiger partial charge is 0.326 e. The van der Waals surface area contributed by atoms with Gasteiger partial charge in [0.05, 0.1) is 44.2 Å². The molecule has 172 valence electrons. The zero-order valence-corrected chi connectivity index (χ0v) is 19.2. The Morgan fingerprint density at radius 2 is 0.895 bits per heavy atom. The van der Waals surface area contributed by atoms with Gasteiger partial charge in [-0.15, -0.1) is 0 Å². The fourth-order valence-electron chi connectivity index (χ4n) is 4.32. The van der Waals surface area contributed by atoms with Gasteiger partial charge in [-0.25, -0.2) is 9.97 Å². The molecule has 0 saturated carbocycles. The Labute approximate surface area is 214 Å². The van der Waals surface area contributed by atoms with Gasteiger partial charge in [-0.05, 0) is 0 Å². The van der Waals surface area contributed by atoms with E-state index in [-0.39, 0.29) is 56.1 Å². The molecule has 10 nitrogen and oxygen atoms in total. The summed E-state index contributed by atoms with van der Waals surface area (Å²) in [7, 11) is 0. The van der Waals surface area contributed by atoms with Crippen LogP contribution in [0.4, 0.5) is 11.6 Å². The highest BCUT2D eigenvalue weighted by atomic mass is 15.0. The second-order valence-electron chi connectivity index (χ2n) is 7.99. The van der Waals surface area contributed by atoms with Gasteiger partial charge in [0, 0.05) is 11.1 Å². The molecule has 0 unspecified atom stereocenters. The summed E-state index contributed by atoms with van der Waals surface area (Å²) in [5.74, 6) is -0.716. The maximum Gasteiger partial charge on any atom is 0.326 e. The van der Waals surface area contributed by atoms with Crippen LogP contribution in [-0.4, -0.2) is 29.9 Å². The quantitative estimate of drug-likeness (QED) is 0.225. The Morgan fingerprint density at radius 1 is 0.526 bits per heavy atom. The molecule has 0 fully saturated rings. The van der Waals surface area contributed by atoms with Gasteiger partial charge in [0.1, 0.15) is 0 Å². The van der Waals surface area contributed by atoms with Crippen molar-refractivity contribution in [3.8, 4) is 34.7 Å². The van der Waals surface area contributed by atoms with Crippen LogP contribution in [0.2, 0.25) is 0 Å². The Morgan fingerprint density at radius 3 is 1.24 bits per heavy atom. The maximum absolute atomic E-state index is 9.52. The van der Waals surface area contributed by atoms with Crippen LogP contribution in [0.15, 0.2) is 60.7 Å². The largest absolute Gasteiger partial charge is 0.360 e. The van der Waals surface area contributed by atoms with E-state index in [1.165, 1.54) is 0 Å². The second-order valence-corrected chi connectivity index (χ2v) is 7.99. The molecule has 0 N–H and O–H groups in total. The van der Waals surface area contributed by atoms with Crippen LogP contribution in [0.3, 0.4) is 0 Å². The third-order valence-corrected chi connectivity index (χ3v) is 5.88. The summed E-state index contributed by atoms with van der Waals surface area (Å²) in [6.45, 7) is 15.6. The SMILES string of the molecule is [C-]#[N+]c1nc(C#N)nc2c3nc(C#N)nc([N+]#[C-])c3c3nc(-c4ccccc4)c(-c4ccccc4)nc3c12. The number of aromatic nitrogens is 6. The van der Waals surface area contributed by atoms with Crippen LogP contribution >= 0.6 is 0 Å². The molecule has 38 heavy (non-hydrogen) atoms. The van der Waals surface area contributed by atoms with Crippen molar-refractivity contribution >= 4 is 44.5 Å². The topological polar surface area (TPSA) is 134 Å². The Bertz CT molecular complexity index is 1960. The molecule has 3 heterocycles. The van der Waals surface area contributed by atoms with E-state index >= 15 is 0 Å². The first kappa shape index (κ1) is 22.1. The summed E-state index contributed by atoms with van der Waals surface area (Å²) in [5, 5.41) is 19.5. The van der Waals surface area contributed by atoms with Crippen molar-refractivity contribution in [2.75, 3.05) is 0 Å². The molecular formula is C28H10N10. The summed E-state index contributed by atoms with van der Waals surface area (Å²) < 4.78 is 0. The lowest BCUT2D eigenvalue weighted by Crippen LogP contribution is -2.02. The summed E-state index contributed by atoms with van der Waals surface area (Å²) >= 11 is 0. The predicted octanol–water partition coefficient (Wildman–Crippen LogP) is 5.70. The predicted molar refractivity (Wildman–Crippen MR) is 139 cm³/mol. The molecule has 0 bridgehead atoms. The summed E-state index contributed by atoms with van der Waals surface area (Å²) in [4.78, 5) is 33.9. The molecule has 3 aromatic heterocycles. The molecule has 0 spiro atoms. The standard InChI is InChI=1S/C28H10N10/c1-31-27-19-23(33-17(13-29)35-27)24-20(28(32-2)36-18(14-30)34-24)26-25(19)37-21(15-9-5-3-6-10-15)22(38-26)16-11-7-4-8-12-16/h3-12H. The summed E-state index contributed by atoms with van der Waals surface area (Å²) in [6, 6.07) is 22.7. The lowest BCUT2D eigenvalue weighted by molar-refractivity contribution is 1.15. The average molecular weight is 486 g/mol. The lowest BCUT2D eigenvalue weighted by Gasteiger charge is -2.14. The molecule has 0 aliphatic heterocycles. The summed E-state index contributed by atoms with van der Waals surface area (Å²) in [6.07, 6.45) is 0. The molecule has 6 aromatic rings. The average Bonchev–Trinajstić information content (AvgIpc) is 2.99. The van der Waals surface area contributed by atoms with E-state index in [4.69, 9.17) is 23.1 Å². The number of hydrogen-bond donors (Lipinski definition) is 0. The molecule has 3 aromatic carbocycles. The highest BCUT2D eigenvalue weighted by Crippen LogP contribution is 2.41. The van der Waals surface area contributed by atoms with Crippen molar-refractivity contribution < 1.29 is 0 Å². The zero-order chi connectivity index (χ0) is 26.2. The number of fused-ring (bicyclic) bond motifs is 6. The van der Waals surface area contributed by atoms with Crippen molar-refractivity contribution in [2.24, 2.45) is 0 Å². The number of rotatable bonds is 2. The van der Waals surface area contributed by atoms with E-state index in [1.54, 1.807) is 0 Å². The van der Waals surface area contributed by atoms with Crippen LogP contribution < -0.4 is 0 Å². The van der Waals surface area contributed by atoms with Crippen molar-refractivity contribution in [3.05, 3.63) is 95.1 Å². The van der Waals surface area contributed by atoms with Gasteiger partial charge in [0.2, 0.25) is 0 Å². The molecular weight excluding hydrogens is 476 g/mol. The van der Waals surface area contributed by atoms with Gasteiger partial charge < -0.3 is 9.69 Å². The minimum atomic E-state index is -0.247. The minimum absolute atomic E-state index is 0.110. The third kappa shape index (κ3) is 3.31. The first-order chi connectivity index (χ1) is 18.7. The molecule has 0 saturated heterocycles. The fourth-order valence-corrected chi connectivity index (χ4v) is 4.32. The number of nitriles is 2. The van der Waals surface area contributed by atoms with Crippen LogP contribution in [0.5, 0.6) is 0 Å².